The Bertz CT molecular complexity index is 665. The Hall–Kier alpha value is -1.73. The number of aryl methyl sites for hydroxylation is 1. The molecule has 124 valence electrons. The van der Waals surface area contributed by atoms with Crippen LogP contribution in [-0.2, 0) is 30.7 Å². The lowest BCUT2D eigenvalue weighted by Crippen LogP contribution is -2.22. The van der Waals surface area contributed by atoms with Crippen molar-refractivity contribution in [1.29, 1.82) is 0 Å². The van der Waals surface area contributed by atoms with Crippen LogP contribution in [0.25, 0.3) is 0 Å². The Kier molecular flexibility index (Phi) is 4.13. The average molecular weight is 317 g/mol. The second-order valence-corrected chi connectivity index (χ2v) is 6.47. The highest BCUT2D eigenvalue weighted by Gasteiger charge is 2.28. The lowest BCUT2D eigenvalue weighted by Gasteiger charge is -2.19. The highest BCUT2D eigenvalue weighted by atomic mass is 16.5. The van der Waals surface area contributed by atoms with Crippen LogP contribution in [-0.4, -0.2) is 44.8 Å². The third-order valence-corrected chi connectivity index (χ3v) is 4.84. The summed E-state index contributed by atoms with van der Waals surface area (Å²) >= 11 is 0. The predicted octanol–water partition coefficient (Wildman–Crippen LogP) is 1.74. The van der Waals surface area contributed by atoms with Gasteiger partial charge in [0.1, 0.15) is 6.61 Å². The van der Waals surface area contributed by atoms with Gasteiger partial charge in [-0.2, -0.15) is 4.98 Å². The summed E-state index contributed by atoms with van der Waals surface area (Å²) < 4.78 is 12.6. The minimum atomic E-state index is 0.372. The molecule has 0 bridgehead atoms. The lowest BCUT2D eigenvalue weighted by molar-refractivity contribution is 0.151. The number of rotatable bonds is 5. The van der Waals surface area contributed by atoms with Gasteiger partial charge in [-0.25, -0.2) is 4.98 Å². The minimum Gasteiger partial charge on any atom is -0.375 e. The standard InChI is InChI=1S/C16H23N5O2/c1-22-10-16-18-15(19-23-16)9-20-7-6-12(8-20)21-11-17-13-4-2-3-5-14(13)21/h11-12H,2-10H2,1H3. The van der Waals surface area contributed by atoms with E-state index in [4.69, 9.17) is 9.26 Å². The van der Waals surface area contributed by atoms with E-state index in [1.165, 1.54) is 30.7 Å². The van der Waals surface area contributed by atoms with Crippen molar-refractivity contribution in [1.82, 2.24) is 24.6 Å². The Morgan fingerprint density at radius 1 is 1.35 bits per heavy atom. The number of methoxy groups -OCH3 is 1. The molecule has 1 saturated heterocycles. The van der Waals surface area contributed by atoms with Crippen molar-refractivity contribution in [2.75, 3.05) is 20.2 Å². The van der Waals surface area contributed by atoms with Crippen LogP contribution in [0, 0.1) is 0 Å². The second-order valence-electron chi connectivity index (χ2n) is 6.47. The quantitative estimate of drug-likeness (QED) is 0.836. The zero-order valence-corrected chi connectivity index (χ0v) is 13.6. The van der Waals surface area contributed by atoms with E-state index in [-0.39, 0.29) is 0 Å². The maximum atomic E-state index is 5.16. The number of imidazole rings is 1. The molecule has 1 atom stereocenters. The highest BCUT2D eigenvalue weighted by molar-refractivity contribution is 5.17. The van der Waals surface area contributed by atoms with E-state index in [2.05, 4.69) is 30.9 Å². The molecule has 2 aliphatic rings. The van der Waals surface area contributed by atoms with E-state index >= 15 is 0 Å². The molecule has 2 aromatic rings. The molecule has 0 radical (unpaired) electrons. The lowest BCUT2D eigenvalue weighted by atomic mass is 10.0. The van der Waals surface area contributed by atoms with Crippen LogP contribution in [0.3, 0.4) is 0 Å². The van der Waals surface area contributed by atoms with Crippen molar-refractivity contribution in [3.05, 3.63) is 29.4 Å². The van der Waals surface area contributed by atoms with Crippen molar-refractivity contribution in [2.45, 2.75) is 51.3 Å². The molecule has 0 amide bonds. The van der Waals surface area contributed by atoms with Gasteiger partial charge in [0.15, 0.2) is 5.82 Å². The van der Waals surface area contributed by atoms with Crippen LogP contribution >= 0.6 is 0 Å². The summed E-state index contributed by atoms with van der Waals surface area (Å²) in [6, 6.07) is 0.523. The van der Waals surface area contributed by atoms with Crippen LogP contribution in [0.5, 0.6) is 0 Å². The van der Waals surface area contributed by atoms with Gasteiger partial charge in [0, 0.05) is 31.9 Å². The van der Waals surface area contributed by atoms with Crippen molar-refractivity contribution in [2.24, 2.45) is 0 Å². The summed E-state index contributed by atoms with van der Waals surface area (Å²) in [5, 5.41) is 4.03. The van der Waals surface area contributed by atoms with Gasteiger partial charge >= 0.3 is 0 Å². The van der Waals surface area contributed by atoms with E-state index in [0.29, 0.717) is 18.5 Å². The third-order valence-electron chi connectivity index (χ3n) is 4.84. The SMILES string of the molecule is COCc1nc(CN2CCC(n3cnc4c3CCCC4)C2)no1. The summed E-state index contributed by atoms with van der Waals surface area (Å²) in [5.74, 6) is 1.28. The smallest absolute Gasteiger partial charge is 0.252 e. The van der Waals surface area contributed by atoms with Crippen LogP contribution in [0.15, 0.2) is 10.9 Å². The maximum absolute atomic E-state index is 5.16. The highest BCUT2D eigenvalue weighted by Crippen LogP contribution is 2.28. The first-order chi connectivity index (χ1) is 11.3. The molecule has 23 heavy (non-hydrogen) atoms. The van der Waals surface area contributed by atoms with E-state index in [1.807, 2.05) is 0 Å². The zero-order chi connectivity index (χ0) is 15.6. The Morgan fingerprint density at radius 3 is 3.17 bits per heavy atom. The summed E-state index contributed by atoms with van der Waals surface area (Å²) in [5.41, 5.74) is 2.78. The molecule has 1 aliphatic carbocycles. The number of hydrogen-bond acceptors (Lipinski definition) is 6. The fraction of sp³-hybridized carbons (Fsp3) is 0.688. The fourth-order valence-corrected chi connectivity index (χ4v) is 3.73. The molecule has 0 saturated carbocycles. The molecular weight excluding hydrogens is 294 g/mol. The normalized spacial score (nSPS) is 21.7. The molecule has 1 aliphatic heterocycles. The van der Waals surface area contributed by atoms with E-state index in [1.54, 1.807) is 7.11 Å². The fourth-order valence-electron chi connectivity index (χ4n) is 3.73. The number of hydrogen-bond donors (Lipinski definition) is 0. The first-order valence-corrected chi connectivity index (χ1v) is 8.41. The number of aromatic nitrogens is 4. The molecule has 0 N–H and O–H groups in total. The van der Waals surface area contributed by atoms with Gasteiger partial charge in [-0.1, -0.05) is 5.16 Å². The predicted molar refractivity (Wildman–Crippen MR) is 82.8 cm³/mol. The molecule has 1 fully saturated rings. The molecule has 0 aromatic carbocycles. The zero-order valence-electron chi connectivity index (χ0n) is 13.6. The van der Waals surface area contributed by atoms with E-state index in [0.717, 1.165) is 38.3 Å². The molecule has 7 heteroatoms. The van der Waals surface area contributed by atoms with Crippen molar-refractivity contribution in [3.8, 4) is 0 Å². The van der Waals surface area contributed by atoms with Crippen LogP contribution in [0.4, 0.5) is 0 Å². The Labute approximate surface area is 135 Å². The van der Waals surface area contributed by atoms with Crippen LogP contribution < -0.4 is 0 Å². The molecule has 4 rings (SSSR count). The Morgan fingerprint density at radius 2 is 2.26 bits per heavy atom. The molecular formula is C16H23N5O2. The summed E-state index contributed by atoms with van der Waals surface area (Å²) in [4.78, 5) is 11.4. The van der Waals surface area contributed by atoms with Gasteiger partial charge in [-0.15, -0.1) is 0 Å². The first kappa shape index (κ1) is 14.8. The number of fused-ring (bicyclic) bond motifs is 1. The molecule has 7 nitrogen and oxygen atoms in total. The average Bonchev–Trinajstić information content (AvgIpc) is 3.27. The summed E-state index contributed by atoms with van der Waals surface area (Å²) in [7, 11) is 1.63. The summed E-state index contributed by atoms with van der Waals surface area (Å²) in [6.07, 6.45) is 8.10. The van der Waals surface area contributed by atoms with Gasteiger partial charge in [0.05, 0.1) is 18.6 Å². The van der Waals surface area contributed by atoms with Gasteiger partial charge in [0.25, 0.3) is 5.89 Å². The van der Waals surface area contributed by atoms with Gasteiger partial charge in [0.2, 0.25) is 0 Å². The van der Waals surface area contributed by atoms with Crippen molar-refractivity contribution < 1.29 is 9.26 Å². The summed E-state index contributed by atoms with van der Waals surface area (Å²) in [6.45, 7) is 3.19. The second kappa shape index (κ2) is 6.41. The van der Waals surface area contributed by atoms with Crippen molar-refractivity contribution >= 4 is 0 Å². The number of likely N-dealkylation sites (tertiary alicyclic amines) is 1. The number of nitrogens with zero attached hydrogens (tertiary/aromatic N) is 5. The van der Waals surface area contributed by atoms with Gasteiger partial charge in [-0.3, -0.25) is 4.90 Å². The first-order valence-electron chi connectivity index (χ1n) is 8.41. The molecule has 0 spiro atoms. The van der Waals surface area contributed by atoms with Gasteiger partial charge in [-0.05, 0) is 32.1 Å². The van der Waals surface area contributed by atoms with Crippen LogP contribution in [0.1, 0.15) is 48.4 Å². The monoisotopic (exact) mass is 317 g/mol. The van der Waals surface area contributed by atoms with Crippen molar-refractivity contribution in [3.63, 3.8) is 0 Å². The van der Waals surface area contributed by atoms with E-state index < -0.39 is 0 Å². The molecule has 1 unspecified atom stereocenters. The third kappa shape index (κ3) is 3.03. The molecule has 3 heterocycles. The molecule has 2 aromatic heterocycles. The van der Waals surface area contributed by atoms with Gasteiger partial charge < -0.3 is 13.8 Å². The maximum Gasteiger partial charge on any atom is 0.252 e. The number of ether oxygens (including phenoxy) is 1. The van der Waals surface area contributed by atoms with Crippen LogP contribution in [0.2, 0.25) is 0 Å². The minimum absolute atomic E-state index is 0.372. The Balaban J connectivity index is 1.40. The topological polar surface area (TPSA) is 69.2 Å². The van der Waals surface area contributed by atoms with E-state index in [9.17, 15) is 0 Å². The largest absolute Gasteiger partial charge is 0.375 e.